The molecule has 8 heteroatoms. The van der Waals surface area contributed by atoms with Gasteiger partial charge in [0.1, 0.15) is 6.04 Å². The van der Waals surface area contributed by atoms with Crippen LogP contribution in [0.5, 0.6) is 0 Å². The summed E-state index contributed by atoms with van der Waals surface area (Å²) in [4.78, 5) is 37.6. The molecule has 3 rings (SSSR count). The Morgan fingerprint density at radius 2 is 2.08 bits per heavy atom. The molecule has 2 aliphatic rings. The fourth-order valence-corrected chi connectivity index (χ4v) is 3.64. The Hall–Kier alpha value is -2.38. The molecule has 0 radical (unpaired) electrons. The highest BCUT2D eigenvalue weighted by Gasteiger charge is 2.31. The Morgan fingerprint density at radius 3 is 2.68 bits per heavy atom. The second-order valence-corrected chi connectivity index (χ2v) is 6.89. The van der Waals surface area contributed by atoms with Crippen molar-refractivity contribution in [1.29, 1.82) is 0 Å². The van der Waals surface area contributed by atoms with Gasteiger partial charge >= 0.3 is 6.03 Å². The van der Waals surface area contributed by atoms with E-state index in [1.807, 2.05) is 18.1 Å². The third-order valence-corrected chi connectivity index (χ3v) is 4.95. The Kier molecular flexibility index (Phi) is 5.35. The lowest BCUT2D eigenvalue weighted by molar-refractivity contribution is -0.135. The molecule has 0 aromatic carbocycles. The lowest BCUT2D eigenvalue weighted by atomic mass is 9.93. The summed E-state index contributed by atoms with van der Waals surface area (Å²) in [6.07, 6.45) is 9.83. The second kappa shape index (κ2) is 7.67. The second-order valence-electron chi connectivity index (χ2n) is 6.89. The largest absolute Gasteiger partial charge is 0.335 e. The first kappa shape index (κ1) is 17.4. The smallest absolute Gasteiger partial charge is 0.322 e. The average molecular weight is 347 g/mol. The normalized spacial score (nSPS) is 21.1. The van der Waals surface area contributed by atoms with Gasteiger partial charge in [0.05, 0.1) is 6.20 Å². The van der Waals surface area contributed by atoms with Crippen molar-refractivity contribution >= 4 is 17.8 Å². The van der Waals surface area contributed by atoms with Crippen molar-refractivity contribution in [3.63, 3.8) is 0 Å². The number of aryl methyl sites for hydroxylation is 1. The fraction of sp³-hybridized carbons (Fsp3) is 0.647. The standard InChI is InChI=1S/C17H25N5O3/c1-21-10-12(9-18-21)11-22(13-5-3-2-4-6-13)15(23)8-7-14-16(24)20-17(25)19-14/h9-10,13-14H,2-8,11H2,1H3,(H2,19,20,24,25). The third-order valence-electron chi connectivity index (χ3n) is 4.95. The number of nitrogens with one attached hydrogen (secondary N) is 2. The molecular formula is C17H25N5O3. The number of carbonyl (C=O) groups excluding carboxylic acids is 3. The first-order chi connectivity index (χ1) is 12.0. The Labute approximate surface area is 146 Å². The van der Waals surface area contributed by atoms with Crippen molar-refractivity contribution in [2.24, 2.45) is 7.05 Å². The van der Waals surface area contributed by atoms with Gasteiger partial charge in [-0.05, 0) is 19.3 Å². The van der Waals surface area contributed by atoms with E-state index in [0.717, 1.165) is 31.2 Å². The summed E-state index contributed by atoms with van der Waals surface area (Å²) < 4.78 is 1.73. The highest BCUT2D eigenvalue weighted by molar-refractivity contribution is 6.04. The van der Waals surface area contributed by atoms with Gasteiger partial charge in [-0.3, -0.25) is 19.6 Å². The zero-order valence-electron chi connectivity index (χ0n) is 14.5. The first-order valence-electron chi connectivity index (χ1n) is 8.91. The minimum atomic E-state index is -0.608. The van der Waals surface area contributed by atoms with Crippen molar-refractivity contribution < 1.29 is 14.4 Å². The van der Waals surface area contributed by atoms with E-state index >= 15 is 0 Å². The van der Waals surface area contributed by atoms with Gasteiger partial charge in [-0.2, -0.15) is 5.10 Å². The average Bonchev–Trinajstić information content (AvgIpc) is 3.15. The minimum Gasteiger partial charge on any atom is -0.335 e. The number of rotatable bonds is 6. The highest BCUT2D eigenvalue weighted by Crippen LogP contribution is 2.25. The molecule has 0 bridgehead atoms. The van der Waals surface area contributed by atoms with Crippen LogP contribution in [0.15, 0.2) is 12.4 Å². The molecule has 2 fully saturated rings. The van der Waals surface area contributed by atoms with Crippen LogP contribution in [0.25, 0.3) is 0 Å². The summed E-state index contributed by atoms with van der Waals surface area (Å²) in [6, 6.07) is -0.849. The molecule has 136 valence electrons. The maximum atomic E-state index is 12.9. The predicted molar refractivity (Wildman–Crippen MR) is 90.3 cm³/mol. The zero-order valence-corrected chi connectivity index (χ0v) is 14.5. The number of aromatic nitrogens is 2. The topological polar surface area (TPSA) is 96.3 Å². The maximum absolute atomic E-state index is 12.9. The summed E-state index contributed by atoms with van der Waals surface area (Å²) in [6.45, 7) is 0.542. The van der Waals surface area contributed by atoms with Gasteiger partial charge in [-0.15, -0.1) is 0 Å². The highest BCUT2D eigenvalue weighted by atomic mass is 16.2. The predicted octanol–water partition coefficient (Wildman–Crippen LogP) is 1.07. The SMILES string of the molecule is Cn1cc(CN(C(=O)CCC2NC(=O)NC2=O)C2CCCCC2)cn1. The van der Waals surface area contributed by atoms with Crippen LogP contribution < -0.4 is 10.6 Å². The molecule has 1 unspecified atom stereocenters. The molecule has 1 aliphatic heterocycles. The molecule has 2 N–H and O–H groups in total. The van der Waals surface area contributed by atoms with Crippen LogP contribution in [-0.4, -0.2) is 44.6 Å². The Balaban J connectivity index is 1.63. The van der Waals surface area contributed by atoms with Gasteiger partial charge in [-0.25, -0.2) is 4.79 Å². The van der Waals surface area contributed by atoms with E-state index in [9.17, 15) is 14.4 Å². The van der Waals surface area contributed by atoms with E-state index < -0.39 is 12.1 Å². The lowest BCUT2D eigenvalue weighted by Crippen LogP contribution is -2.41. The van der Waals surface area contributed by atoms with Crippen molar-refractivity contribution in [2.75, 3.05) is 0 Å². The molecule has 4 amide bonds. The molecule has 2 heterocycles. The van der Waals surface area contributed by atoms with Crippen molar-refractivity contribution in [3.8, 4) is 0 Å². The molecule has 8 nitrogen and oxygen atoms in total. The number of amides is 4. The van der Waals surface area contributed by atoms with Crippen LogP contribution in [0, 0.1) is 0 Å². The summed E-state index contributed by atoms with van der Waals surface area (Å²) >= 11 is 0. The van der Waals surface area contributed by atoms with Gasteiger partial charge in [0.15, 0.2) is 0 Å². The summed E-state index contributed by atoms with van der Waals surface area (Å²) in [5, 5.41) is 8.93. The molecular weight excluding hydrogens is 322 g/mol. The number of carbonyl (C=O) groups is 3. The van der Waals surface area contributed by atoms with Crippen molar-refractivity contribution in [1.82, 2.24) is 25.3 Å². The fourth-order valence-electron chi connectivity index (χ4n) is 3.64. The Morgan fingerprint density at radius 1 is 1.32 bits per heavy atom. The summed E-state index contributed by atoms with van der Waals surface area (Å²) in [5.41, 5.74) is 1.01. The van der Waals surface area contributed by atoms with Crippen molar-refractivity contribution in [2.45, 2.75) is 63.6 Å². The lowest BCUT2D eigenvalue weighted by Gasteiger charge is -2.34. The molecule has 1 saturated heterocycles. The van der Waals surface area contributed by atoms with E-state index in [1.54, 1.807) is 10.9 Å². The quantitative estimate of drug-likeness (QED) is 0.752. The van der Waals surface area contributed by atoms with E-state index in [-0.39, 0.29) is 24.3 Å². The molecule has 1 aliphatic carbocycles. The number of hydrogen-bond acceptors (Lipinski definition) is 4. The first-order valence-corrected chi connectivity index (χ1v) is 8.91. The van der Waals surface area contributed by atoms with Gasteiger partial charge in [0, 0.05) is 37.8 Å². The maximum Gasteiger partial charge on any atom is 0.322 e. The van der Waals surface area contributed by atoms with Gasteiger partial charge in [-0.1, -0.05) is 19.3 Å². The monoisotopic (exact) mass is 347 g/mol. The third kappa shape index (κ3) is 4.37. The van der Waals surface area contributed by atoms with Crippen LogP contribution in [0.3, 0.4) is 0 Å². The van der Waals surface area contributed by atoms with Gasteiger partial charge < -0.3 is 10.2 Å². The zero-order chi connectivity index (χ0) is 17.8. The molecule has 1 aromatic heterocycles. The summed E-state index contributed by atoms with van der Waals surface area (Å²) in [5.74, 6) is -0.320. The Bertz CT molecular complexity index is 650. The molecule has 0 spiro atoms. The molecule has 1 aromatic rings. The van der Waals surface area contributed by atoms with Gasteiger partial charge in [0.2, 0.25) is 5.91 Å². The van der Waals surface area contributed by atoms with E-state index in [2.05, 4.69) is 15.7 Å². The van der Waals surface area contributed by atoms with Crippen LogP contribution in [0.1, 0.15) is 50.5 Å². The van der Waals surface area contributed by atoms with E-state index in [1.165, 1.54) is 6.42 Å². The molecule has 25 heavy (non-hydrogen) atoms. The van der Waals surface area contributed by atoms with Crippen LogP contribution >= 0.6 is 0 Å². The molecule has 1 saturated carbocycles. The number of urea groups is 1. The van der Waals surface area contributed by atoms with Crippen LogP contribution in [0.2, 0.25) is 0 Å². The van der Waals surface area contributed by atoms with Crippen molar-refractivity contribution in [3.05, 3.63) is 18.0 Å². The van der Waals surface area contributed by atoms with E-state index in [0.29, 0.717) is 13.0 Å². The summed E-state index contributed by atoms with van der Waals surface area (Å²) in [7, 11) is 1.86. The van der Waals surface area contributed by atoms with E-state index in [4.69, 9.17) is 0 Å². The minimum absolute atomic E-state index is 0.0321. The van der Waals surface area contributed by atoms with Crippen LogP contribution in [0.4, 0.5) is 4.79 Å². The number of hydrogen-bond donors (Lipinski definition) is 2. The number of nitrogens with zero attached hydrogens (tertiary/aromatic N) is 3. The molecule has 1 atom stereocenters. The van der Waals surface area contributed by atoms with Crippen LogP contribution in [-0.2, 0) is 23.2 Å². The van der Waals surface area contributed by atoms with Gasteiger partial charge in [0.25, 0.3) is 5.91 Å². The number of imide groups is 1.